The molecule has 2 aliphatic carbocycles. The fraction of sp³-hybridized carbons (Fsp3) is 0.0877. The van der Waals surface area contributed by atoms with Crippen LogP contribution in [0.25, 0.3) is 64.7 Å². The van der Waals surface area contributed by atoms with Crippen molar-refractivity contribution < 1.29 is 0 Å². The molecule has 8 aromatic carbocycles. The van der Waals surface area contributed by atoms with Gasteiger partial charge < -0.3 is 4.90 Å². The minimum atomic E-state index is -0.0763. The molecular formula is C57H43NS. The lowest BCUT2D eigenvalue weighted by molar-refractivity contribution is 0.656. The highest BCUT2D eigenvalue weighted by molar-refractivity contribution is 7.25. The summed E-state index contributed by atoms with van der Waals surface area (Å²) in [5, 5.41) is 2.64. The fourth-order valence-electron chi connectivity index (χ4n) is 9.80. The number of allylic oxidation sites excluding steroid dienone is 2. The maximum atomic E-state index is 2.61. The number of benzene rings is 8. The van der Waals surface area contributed by atoms with Crippen molar-refractivity contribution in [1.29, 1.82) is 0 Å². The number of hydrogen-bond donors (Lipinski definition) is 0. The van der Waals surface area contributed by atoms with Crippen molar-refractivity contribution in [1.82, 2.24) is 0 Å². The lowest BCUT2D eigenvalue weighted by atomic mass is 9.79. The van der Waals surface area contributed by atoms with Crippen LogP contribution < -0.4 is 4.90 Å². The van der Waals surface area contributed by atoms with Crippen molar-refractivity contribution in [3.63, 3.8) is 0 Å². The first-order chi connectivity index (χ1) is 29.0. The van der Waals surface area contributed by atoms with E-state index in [9.17, 15) is 0 Å². The molecule has 0 saturated carbocycles. The van der Waals surface area contributed by atoms with E-state index in [1.807, 2.05) is 11.3 Å². The Hall–Kier alpha value is -6.74. The van der Waals surface area contributed by atoms with Crippen LogP contribution in [-0.4, -0.2) is 6.04 Å². The predicted molar refractivity (Wildman–Crippen MR) is 253 cm³/mol. The first-order valence-electron chi connectivity index (χ1n) is 20.7. The third-order valence-corrected chi connectivity index (χ3v) is 13.9. The first-order valence-corrected chi connectivity index (χ1v) is 21.5. The van der Waals surface area contributed by atoms with Gasteiger partial charge in [0.2, 0.25) is 0 Å². The summed E-state index contributed by atoms with van der Waals surface area (Å²) in [6.07, 6.45) is 9.33. The molecule has 2 aliphatic rings. The van der Waals surface area contributed by atoms with Gasteiger partial charge in [-0.15, -0.1) is 11.3 Å². The van der Waals surface area contributed by atoms with Crippen molar-refractivity contribution in [3.05, 3.63) is 229 Å². The van der Waals surface area contributed by atoms with Crippen molar-refractivity contribution in [2.24, 2.45) is 0 Å². The summed E-state index contributed by atoms with van der Waals surface area (Å²) in [7, 11) is 0. The zero-order valence-electron chi connectivity index (χ0n) is 33.2. The van der Waals surface area contributed by atoms with Crippen LogP contribution >= 0.6 is 11.3 Å². The SMILES string of the molecule is CC1(C)c2ccccc2-c2c(C3C=CC=CC3N(c3cccc(-c4ccc5sc6ccccc6c5c4)c3)c3ccccc3-c3ccc(-c4ccccc4)cc3)cccc21. The topological polar surface area (TPSA) is 3.24 Å². The number of thiophene rings is 1. The van der Waals surface area contributed by atoms with Gasteiger partial charge in [0, 0.05) is 48.4 Å². The lowest BCUT2D eigenvalue weighted by Gasteiger charge is -2.39. The van der Waals surface area contributed by atoms with E-state index in [0.717, 1.165) is 5.69 Å². The Morgan fingerprint density at radius 1 is 0.458 bits per heavy atom. The third-order valence-electron chi connectivity index (χ3n) is 12.7. The molecule has 11 rings (SSSR count). The van der Waals surface area contributed by atoms with E-state index < -0.39 is 0 Å². The van der Waals surface area contributed by atoms with Crippen LogP contribution in [0.1, 0.15) is 36.5 Å². The van der Waals surface area contributed by atoms with Gasteiger partial charge in [0.05, 0.1) is 6.04 Å². The molecule has 282 valence electrons. The zero-order chi connectivity index (χ0) is 39.5. The number of fused-ring (bicyclic) bond motifs is 6. The maximum absolute atomic E-state index is 2.61. The third kappa shape index (κ3) is 5.98. The zero-order valence-corrected chi connectivity index (χ0v) is 34.0. The van der Waals surface area contributed by atoms with Crippen LogP contribution in [0.3, 0.4) is 0 Å². The Morgan fingerprint density at radius 3 is 1.97 bits per heavy atom. The average Bonchev–Trinajstić information content (AvgIpc) is 3.79. The second-order valence-electron chi connectivity index (χ2n) is 16.4. The molecule has 59 heavy (non-hydrogen) atoms. The summed E-state index contributed by atoms with van der Waals surface area (Å²) in [6.45, 7) is 4.76. The van der Waals surface area contributed by atoms with E-state index in [2.05, 4.69) is 231 Å². The van der Waals surface area contributed by atoms with Crippen molar-refractivity contribution >= 4 is 42.9 Å². The molecule has 2 heteroatoms. The smallest absolute Gasteiger partial charge is 0.0629 e. The summed E-state index contributed by atoms with van der Waals surface area (Å²) in [4.78, 5) is 2.61. The van der Waals surface area contributed by atoms with Crippen molar-refractivity contribution in [2.45, 2.75) is 31.2 Å². The van der Waals surface area contributed by atoms with Crippen LogP contribution in [0.2, 0.25) is 0 Å². The van der Waals surface area contributed by atoms with Crippen molar-refractivity contribution in [3.8, 4) is 44.5 Å². The van der Waals surface area contributed by atoms with Crippen LogP contribution in [0, 0.1) is 0 Å². The predicted octanol–water partition coefficient (Wildman–Crippen LogP) is 15.8. The summed E-state index contributed by atoms with van der Waals surface area (Å²) in [5.41, 5.74) is 16.4. The molecule has 0 spiro atoms. The molecule has 0 aliphatic heterocycles. The number of para-hydroxylation sites is 1. The first kappa shape index (κ1) is 35.4. The molecule has 1 heterocycles. The summed E-state index contributed by atoms with van der Waals surface area (Å²) >= 11 is 1.87. The monoisotopic (exact) mass is 773 g/mol. The molecular weight excluding hydrogens is 731 g/mol. The van der Waals surface area contributed by atoms with E-state index in [1.54, 1.807) is 0 Å². The molecule has 0 bridgehead atoms. The Kier molecular flexibility index (Phi) is 8.57. The minimum Gasteiger partial charge on any atom is -0.333 e. The summed E-state index contributed by atoms with van der Waals surface area (Å²) in [5.74, 6) is 0.0857. The lowest BCUT2D eigenvalue weighted by Crippen LogP contribution is -2.36. The molecule has 0 radical (unpaired) electrons. The van der Waals surface area contributed by atoms with Gasteiger partial charge in [-0.1, -0.05) is 190 Å². The van der Waals surface area contributed by atoms with Gasteiger partial charge in [-0.3, -0.25) is 0 Å². The van der Waals surface area contributed by atoms with Gasteiger partial charge in [-0.2, -0.15) is 0 Å². The molecule has 1 aromatic heterocycles. The average molecular weight is 774 g/mol. The van der Waals surface area contributed by atoms with Gasteiger partial charge >= 0.3 is 0 Å². The van der Waals surface area contributed by atoms with E-state index >= 15 is 0 Å². The van der Waals surface area contributed by atoms with Gasteiger partial charge in [0.25, 0.3) is 0 Å². The van der Waals surface area contributed by atoms with Crippen molar-refractivity contribution in [2.75, 3.05) is 4.90 Å². The Morgan fingerprint density at radius 2 is 1.08 bits per heavy atom. The number of rotatable bonds is 7. The molecule has 2 unspecified atom stereocenters. The van der Waals surface area contributed by atoms with E-state index in [-0.39, 0.29) is 17.4 Å². The standard InChI is InChI=1S/C57H43NS/c1-57(2)50-25-10-6-23-48(50)56-47(24-15-26-51(56)57)45-21-8-12-28-53(45)58(52-27-11-7-20-44(52)40-32-30-39(31-33-40)38-16-4-3-5-17-38)43-19-14-18-41(36-43)42-34-35-55-49(37-42)46-22-9-13-29-54(46)59-55/h3-37,45,53H,1-2H3. The van der Waals surface area contributed by atoms with Gasteiger partial charge in [0.1, 0.15) is 0 Å². The highest BCUT2D eigenvalue weighted by atomic mass is 32.1. The highest BCUT2D eigenvalue weighted by Gasteiger charge is 2.39. The minimum absolute atomic E-state index is 0.00864. The summed E-state index contributed by atoms with van der Waals surface area (Å²) < 4.78 is 2.65. The van der Waals surface area contributed by atoms with Gasteiger partial charge in [-0.05, 0) is 92.0 Å². The summed E-state index contributed by atoms with van der Waals surface area (Å²) in [6, 6.07) is 69.7. The van der Waals surface area contributed by atoms with Gasteiger partial charge in [-0.25, -0.2) is 0 Å². The molecule has 9 aromatic rings. The second kappa shape index (κ2) is 14.3. The maximum Gasteiger partial charge on any atom is 0.0629 e. The van der Waals surface area contributed by atoms with Crippen LogP contribution in [0.15, 0.2) is 212 Å². The molecule has 2 atom stereocenters. The Labute approximate surface area is 350 Å². The molecule has 1 nitrogen and oxygen atoms in total. The number of nitrogens with zero attached hydrogens (tertiary/aromatic N) is 1. The molecule has 0 saturated heterocycles. The Balaban J connectivity index is 1.09. The largest absolute Gasteiger partial charge is 0.333 e. The molecule has 0 fully saturated rings. The van der Waals surface area contributed by atoms with E-state index in [0.29, 0.717) is 0 Å². The quantitative estimate of drug-likeness (QED) is 0.156. The van der Waals surface area contributed by atoms with Crippen LogP contribution in [0.4, 0.5) is 11.4 Å². The van der Waals surface area contributed by atoms with Gasteiger partial charge in [0.15, 0.2) is 0 Å². The number of hydrogen-bond acceptors (Lipinski definition) is 2. The second-order valence-corrected chi connectivity index (χ2v) is 17.5. The van der Waals surface area contributed by atoms with Crippen LogP contribution in [0.5, 0.6) is 0 Å². The van der Waals surface area contributed by atoms with E-state index in [4.69, 9.17) is 0 Å². The molecule has 0 amide bonds. The normalized spacial score (nSPS) is 16.3. The Bertz CT molecular complexity index is 3090. The van der Waals surface area contributed by atoms with Crippen LogP contribution in [-0.2, 0) is 5.41 Å². The fourth-order valence-corrected chi connectivity index (χ4v) is 10.9. The van der Waals surface area contributed by atoms with E-state index in [1.165, 1.54) is 87.1 Å². The highest BCUT2D eigenvalue weighted by Crippen LogP contribution is 2.53. The number of anilines is 2. The molecule has 0 N–H and O–H groups in total.